The third-order valence-electron chi connectivity index (χ3n) is 3.62. The Morgan fingerprint density at radius 3 is 2.85 bits per heavy atom. The largest absolute Gasteiger partial charge is 0.326 e. The van der Waals surface area contributed by atoms with Gasteiger partial charge in [-0.2, -0.15) is 0 Å². The van der Waals surface area contributed by atoms with Crippen LogP contribution in [0.25, 0.3) is 0 Å². The van der Waals surface area contributed by atoms with Crippen molar-refractivity contribution in [2.24, 2.45) is 5.73 Å². The Bertz CT molecular complexity index is 607. The van der Waals surface area contributed by atoms with E-state index in [1.54, 1.807) is 0 Å². The summed E-state index contributed by atoms with van der Waals surface area (Å²) < 4.78 is 13.9. The number of halogens is 2. The summed E-state index contributed by atoms with van der Waals surface area (Å²) in [6, 6.07) is 13.3. The van der Waals surface area contributed by atoms with Gasteiger partial charge >= 0.3 is 0 Å². The molecule has 1 aliphatic heterocycles. The standard InChI is InChI=1S/C16H15BrFNS/c17-13-9-12(18)6-5-10(13)7-14(19)16-8-11-3-1-2-4-15(11)20-16/h1-6,9,14,16H,7-8,19H2. The smallest absolute Gasteiger partial charge is 0.124 e. The van der Waals surface area contributed by atoms with Gasteiger partial charge < -0.3 is 5.73 Å². The van der Waals surface area contributed by atoms with Crippen molar-refractivity contribution in [1.82, 2.24) is 0 Å². The molecule has 2 atom stereocenters. The van der Waals surface area contributed by atoms with Crippen LogP contribution >= 0.6 is 27.7 Å². The van der Waals surface area contributed by atoms with E-state index >= 15 is 0 Å². The monoisotopic (exact) mass is 351 g/mol. The normalized spacial score (nSPS) is 18.9. The summed E-state index contributed by atoms with van der Waals surface area (Å²) in [4.78, 5) is 1.34. The van der Waals surface area contributed by atoms with Gasteiger partial charge in [0.1, 0.15) is 5.82 Å². The summed E-state index contributed by atoms with van der Waals surface area (Å²) in [6.45, 7) is 0. The molecule has 20 heavy (non-hydrogen) atoms. The van der Waals surface area contributed by atoms with Crippen molar-refractivity contribution >= 4 is 27.7 Å². The van der Waals surface area contributed by atoms with Crippen LogP contribution in [0.5, 0.6) is 0 Å². The molecule has 3 rings (SSSR count). The highest BCUT2D eigenvalue weighted by atomic mass is 79.9. The number of rotatable bonds is 3. The Kier molecular flexibility index (Phi) is 4.15. The second-order valence-corrected chi connectivity index (χ2v) is 7.21. The molecule has 2 unspecified atom stereocenters. The lowest BCUT2D eigenvalue weighted by Gasteiger charge is -2.19. The molecule has 0 radical (unpaired) electrons. The third-order valence-corrected chi connectivity index (χ3v) is 5.83. The molecule has 0 aliphatic carbocycles. The van der Waals surface area contributed by atoms with Gasteiger partial charge in [-0.05, 0) is 42.2 Å². The Morgan fingerprint density at radius 2 is 2.10 bits per heavy atom. The van der Waals surface area contributed by atoms with Crippen LogP contribution in [0.15, 0.2) is 51.8 Å². The van der Waals surface area contributed by atoms with Crippen molar-refractivity contribution in [2.45, 2.75) is 29.0 Å². The van der Waals surface area contributed by atoms with Gasteiger partial charge in [-0.3, -0.25) is 0 Å². The van der Waals surface area contributed by atoms with E-state index in [9.17, 15) is 4.39 Å². The minimum atomic E-state index is -0.225. The maximum absolute atomic E-state index is 13.1. The predicted molar refractivity (Wildman–Crippen MR) is 85.6 cm³/mol. The Labute approximate surface area is 130 Å². The highest BCUT2D eigenvalue weighted by Gasteiger charge is 2.27. The molecule has 0 saturated carbocycles. The average Bonchev–Trinajstić information content (AvgIpc) is 2.86. The lowest BCUT2D eigenvalue weighted by atomic mass is 9.99. The van der Waals surface area contributed by atoms with Crippen molar-refractivity contribution < 1.29 is 4.39 Å². The van der Waals surface area contributed by atoms with Gasteiger partial charge in [-0.25, -0.2) is 4.39 Å². The van der Waals surface area contributed by atoms with Crippen LogP contribution in [0.4, 0.5) is 4.39 Å². The Balaban J connectivity index is 1.70. The van der Waals surface area contributed by atoms with Crippen molar-refractivity contribution in [2.75, 3.05) is 0 Å². The molecule has 2 aromatic carbocycles. The van der Waals surface area contributed by atoms with E-state index in [0.29, 0.717) is 5.25 Å². The molecule has 0 amide bonds. The lowest BCUT2D eigenvalue weighted by molar-refractivity contribution is 0.616. The molecule has 0 bridgehead atoms. The average molecular weight is 352 g/mol. The van der Waals surface area contributed by atoms with E-state index < -0.39 is 0 Å². The van der Waals surface area contributed by atoms with Gasteiger partial charge in [0.2, 0.25) is 0 Å². The van der Waals surface area contributed by atoms with E-state index in [4.69, 9.17) is 5.73 Å². The molecule has 1 aliphatic rings. The van der Waals surface area contributed by atoms with Crippen LogP contribution in [-0.4, -0.2) is 11.3 Å². The first-order chi connectivity index (χ1) is 9.63. The van der Waals surface area contributed by atoms with Crippen LogP contribution in [0.2, 0.25) is 0 Å². The van der Waals surface area contributed by atoms with E-state index in [-0.39, 0.29) is 11.9 Å². The molecule has 4 heteroatoms. The Hall–Kier alpha value is -0.840. The van der Waals surface area contributed by atoms with Gasteiger partial charge in [0.05, 0.1) is 0 Å². The quantitative estimate of drug-likeness (QED) is 0.897. The van der Waals surface area contributed by atoms with E-state index in [1.165, 1.54) is 22.6 Å². The number of thioether (sulfide) groups is 1. The fourth-order valence-corrected chi connectivity index (χ4v) is 4.35. The fourth-order valence-electron chi connectivity index (χ4n) is 2.52. The SMILES string of the molecule is NC(Cc1ccc(F)cc1Br)C1Cc2ccccc2S1. The highest BCUT2D eigenvalue weighted by molar-refractivity contribution is 9.10. The molecule has 0 saturated heterocycles. The van der Waals surface area contributed by atoms with Crippen molar-refractivity contribution in [3.8, 4) is 0 Å². The van der Waals surface area contributed by atoms with Crippen LogP contribution in [0.3, 0.4) is 0 Å². The molecule has 2 aromatic rings. The summed E-state index contributed by atoms with van der Waals surface area (Å²) in [5, 5.41) is 0.393. The topological polar surface area (TPSA) is 26.0 Å². The third kappa shape index (κ3) is 2.92. The van der Waals surface area contributed by atoms with Crippen molar-refractivity contribution in [1.29, 1.82) is 0 Å². The zero-order valence-electron chi connectivity index (χ0n) is 10.9. The molecular formula is C16H15BrFNS. The van der Waals surface area contributed by atoms with Crippen molar-refractivity contribution in [3.63, 3.8) is 0 Å². The van der Waals surface area contributed by atoms with Gasteiger partial charge in [0.25, 0.3) is 0 Å². The van der Waals surface area contributed by atoms with Crippen LogP contribution in [-0.2, 0) is 12.8 Å². The van der Waals surface area contributed by atoms with E-state index in [0.717, 1.165) is 22.9 Å². The fraction of sp³-hybridized carbons (Fsp3) is 0.250. The highest BCUT2D eigenvalue weighted by Crippen LogP contribution is 2.38. The molecule has 0 spiro atoms. The van der Waals surface area contributed by atoms with Gasteiger partial charge in [-0.1, -0.05) is 40.2 Å². The van der Waals surface area contributed by atoms with Crippen LogP contribution in [0, 0.1) is 5.82 Å². The summed E-state index contributed by atoms with van der Waals surface area (Å²) in [5.41, 5.74) is 8.81. The van der Waals surface area contributed by atoms with Crippen LogP contribution < -0.4 is 5.73 Å². The number of nitrogens with two attached hydrogens (primary N) is 1. The molecule has 1 heterocycles. The molecule has 1 nitrogen and oxygen atoms in total. The maximum Gasteiger partial charge on any atom is 0.124 e. The summed E-state index contributed by atoms with van der Waals surface area (Å²) in [6.07, 6.45) is 1.77. The number of hydrogen-bond acceptors (Lipinski definition) is 2. The second-order valence-electron chi connectivity index (χ2n) is 5.07. The molecule has 0 aromatic heterocycles. The first-order valence-electron chi connectivity index (χ1n) is 6.57. The molecule has 2 N–H and O–H groups in total. The van der Waals surface area contributed by atoms with Gasteiger partial charge in [0, 0.05) is 20.7 Å². The number of hydrogen-bond donors (Lipinski definition) is 1. The maximum atomic E-state index is 13.1. The number of benzene rings is 2. The summed E-state index contributed by atoms with van der Waals surface area (Å²) in [7, 11) is 0. The van der Waals surface area contributed by atoms with E-state index in [1.807, 2.05) is 17.8 Å². The minimum Gasteiger partial charge on any atom is -0.326 e. The van der Waals surface area contributed by atoms with Crippen molar-refractivity contribution in [3.05, 3.63) is 63.9 Å². The minimum absolute atomic E-state index is 0.0640. The molecular weight excluding hydrogens is 337 g/mol. The zero-order valence-corrected chi connectivity index (χ0v) is 13.3. The van der Waals surface area contributed by atoms with Gasteiger partial charge in [-0.15, -0.1) is 11.8 Å². The first-order valence-corrected chi connectivity index (χ1v) is 8.25. The van der Waals surface area contributed by atoms with Gasteiger partial charge in [0.15, 0.2) is 0 Å². The van der Waals surface area contributed by atoms with Crippen LogP contribution in [0.1, 0.15) is 11.1 Å². The Morgan fingerprint density at radius 1 is 1.30 bits per heavy atom. The van der Waals surface area contributed by atoms with E-state index in [2.05, 4.69) is 40.2 Å². The molecule has 104 valence electrons. The first kappa shape index (κ1) is 14.1. The lowest BCUT2D eigenvalue weighted by Crippen LogP contribution is -2.34. The molecule has 0 fully saturated rings. The summed E-state index contributed by atoms with van der Waals surface area (Å²) >= 11 is 5.27. The second kappa shape index (κ2) is 5.88. The number of fused-ring (bicyclic) bond motifs is 1. The predicted octanol–water partition coefficient (Wildman–Crippen LogP) is 4.18. The zero-order chi connectivity index (χ0) is 14.1. The summed E-state index contributed by atoms with van der Waals surface area (Å²) in [5.74, 6) is -0.225.